The van der Waals surface area contributed by atoms with Gasteiger partial charge in [-0.25, -0.2) is 4.39 Å². The van der Waals surface area contributed by atoms with Crippen molar-refractivity contribution in [2.45, 2.75) is 6.18 Å². The molecule has 0 saturated carbocycles. The molecule has 0 aliphatic heterocycles. The summed E-state index contributed by atoms with van der Waals surface area (Å²) in [5.41, 5.74) is 2.90. The highest BCUT2D eigenvalue weighted by Crippen LogP contribution is 2.32. The SMILES string of the molecule is NC(=O)c1cc(C(F)(F)F)cc(I)c1F. The van der Waals surface area contributed by atoms with Crippen LogP contribution in [0.1, 0.15) is 15.9 Å². The van der Waals surface area contributed by atoms with Gasteiger partial charge in [-0.05, 0) is 34.7 Å². The van der Waals surface area contributed by atoms with Gasteiger partial charge in [-0.2, -0.15) is 13.2 Å². The molecule has 0 atom stereocenters. The van der Waals surface area contributed by atoms with E-state index in [9.17, 15) is 22.4 Å². The van der Waals surface area contributed by atoms with Gasteiger partial charge in [-0.3, -0.25) is 4.79 Å². The molecule has 0 bridgehead atoms. The minimum absolute atomic E-state index is 0.295. The largest absolute Gasteiger partial charge is 0.416 e. The van der Waals surface area contributed by atoms with E-state index in [1.807, 2.05) is 0 Å². The number of carbonyl (C=O) groups excluding carboxylic acids is 1. The van der Waals surface area contributed by atoms with Crippen molar-refractivity contribution in [3.05, 3.63) is 32.6 Å². The predicted molar refractivity (Wildman–Crippen MR) is 52.6 cm³/mol. The number of rotatable bonds is 1. The lowest BCUT2D eigenvalue weighted by atomic mass is 10.1. The second kappa shape index (κ2) is 3.95. The molecule has 1 rings (SSSR count). The van der Waals surface area contributed by atoms with Crippen LogP contribution >= 0.6 is 22.6 Å². The minimum Gasteiger partial charge on any atom is -0.366 e. The molecule has 0 unspecified atom stereocenters. The molecule has 0 aromatic heterocycles. The molecule has 1 amide bonds. The smallest absolute Gasteiger partial charge is 0.366 e. The second-order valence-corrected chi connectivity index (χ2v) is 3.84. The van der Waals surface area contributed by atoms with Gasteiger partial charge in [0.2, 0.25) is 0 Å². The topological polar surface area (TPSA) is 43.1 Å². The maximum absolute atomic E-state index is 13.1. The van der Waals surface area contributed by atoms with E-state index in [1.165, 1.54) is 22.6 Å². The monoisotopic (exact) mass is 333 g/mol. The van der Waals surface area contributed by atoms with E-state index in [0.29, 0.717) is 12.1 Å². The molecule has 0 heterocycles. The Bertz CT molecular complexity index is 416. The summed E-state index contributed by atoms with van der Waals surface area (Å²) in [4.78, 5) is 10.7. The average molecular weight is 333 g/mol. The van der Waals surface area contributed by atoms with Gasteiger partial charge in [-0.15, -0.1) is 0 Å². The summed E-state index contributed by atoms with van der Waals surface area (Å²) in [5, 5.41) is 0. The highest BCUT2D eigenvalue weighted by Gasteiger charge is 2.32. The second-order valence-electron chi connectivity index (χ2n) is 2.68. The Morgan fingerprint density at radius 3 is 2.27 bits per heavy atom. The van der Waals surface area contributed by atoms with Gasteiger partial charge in [0, 0.05) is 0 Å². The summed E-state index contributed by atoms with van der Waals surface area (Å²) in [5.74, 6) is -2.26. The van der Waals surface area contributed by atoms with Crippen molar-refractivity contribution in [2.24, 2.45) is 5.73 Å². The number of hydrogen-bond donors (Lipinski definition) is 1. The van der Waals surface area contributed by atoms with E-state index in [0.717, 1.165) is 0 Å². The molecule has 2 N–H and O–H groups in total. The van der Waals surface area contributed by atoms with Crippen molar-refractivity contribution in [2.75, 3.05) is 0 Å². The van der Waals surface area contributed by atoms with Gasteiger partial charge in [0.15, 0.2) is 0 Å². The van der Waals surface area contributed by atoms with Crippen LogP contribution in [-0.2, 0) is 6.18 Å². The summed E-state index contributed by atoms with van der Waals surface area (Å²) < 4.78 is 49.6. The molecule has 1 aromatic carbocycles. The first-order chi connectivity index (χ1) is 6.73. The molecule has 7 heteroatoms. The number of hydrogen-bond acceptors (Lipinski definition) is 1. The third kappa shape index (κ3) is 2.58. The van der Waals surface area contributed by atoms with Crippen LogP contribution in [0.2, 0.25) is 0 Å². The highest BCUT2D eigenvalue weighted by molar-refractivity contribution is 14.1. The van der Waals surface area contributed by atoms with Crippen molar-refractivity contribution < 1.29 is 22.4 Å². The fourth-order valence-corrected chi connectivity index (χ4v) is 1.56. The van der Waals surface area contributed by atoms with Crippen molar-refractivity contribution in [1.82, 2.24) is 0 Å². The maximum Gasteiger partial charge on any atom is 0.416 e. The number of nitrogens with two attached hydrogens (primary N) is 1. The fourth-order valence-electron chi connectivity index (χ4n) is 0.932. The molecule has 15 heavy (non-hydrogen) atoms. The van der Waals surface area contributed by atoms with Crippen LogP contribution < -0.4 is 5.73 Å². The highest BCUT2D eigenvalue weighted by atomic mass is 127. The van der Waals surface area contributed by atoms with E-state index in [-0.39, 0.29) is 3.57 Å². The molecule has 0 spiro atoms. The molecule has 0 aliphatic rings. The van der Waals surface area contributed by atoms with Crippen molar-refractivity contribution in [3.63, 3.8) is 0 Å². The number of benzene rings is 1. The number of carbonyl (C=O) groups is 1. The van der Waals surface area contributed by atoms with Crippen LogP contribution in [0.15, 0.2) is 12.1 Å². The van der Waals surface area contributed by atoms with Crippen molar-refractivity contribution in [3.8, 4) is 0 Å². The van der Waals surface area contributed by atoms with E-state index < -0.39 is 29.0 Å². The Hall–Kier alpha value is -0.860. The third-order valence-electron chi connectivity index (χ3n) is 1.62. The van der Waals surface area contributed by atoms with Gasteiger partial charge >= 0.3 is 6.18 Å². The molecule has 0 saturated heterocycles. The zero-order valence-corrected chi connectivity index (χ0v) is 9.19. The standard InChI is InChI=1S/C8H4F4INO/c9-6-4(7(14)15)1-3(2-5(6)13)8(10,11)12/h1-2H,(H2,14,15). The third-order valence-corrected chi connectivity index (χ3v) is 2.41. The molecule has 82 valence electrons. The van der Waals surface area contributed by atoms with Crippen LogP contribution in [0.25, 0.3) is 0 Å². The van der Waals surface area contributed by atoms with Crippen LogP contribution in [-0.4, -0.2) is 5.91 Å². The zero-order valence-electron chi connectivity index (χ0n) is 7.03. The Morgan fingerprint density at radius 2 is 1.87 bits per heavy atom. The molecule has 0 aliphatic carbocycles. The normalized spacial score (nSPS) is 11.5. The molecular weight excluding hydrogens is 329 g/mol. The van der Waals surface area contributed by atoms with Crippen LogP contribution in [0.4, 0.5) is 17.6 Å². The van der Waals surface area contributed by atoms with Gasteiger partial charge < -0.3 is 5.73 Å². The van der Waals surface area contributed by atoms with E-state index in [1.54, 1.807) is 0 Å². The number of alkyl halides is 3. The zero-order chi connectivity index (χ0) is 11.8. The van der Waals surface area contributed by atoms with Gasteiger partial charge in [0.25, 0.3) is 5.91 Å². The number of primary amides is 1. The molecule has 0 fully saturated rings. The predicted octanol–water partition coefficient (Wildman–Crippen LogP) is 2.55. The fraction of sp³-hybridized carbons (Fsp3) is 0.125. The van der Waals surface area contributed by atoms with E-state index in [4.69, 9.17) is 5.73 Å². The van der Waals surface area contributed by atoms with Crippen LogP contribution in [0.5, 0.6) is 0 Å². The van der Waals surface area contributed by atoms with Gasteiger partial charge in [-0.1, -0.05) is 0 Å². The maximum atomic E-state index is 13.1. The summed E-state index contributed by atoms with van der Waals surface area (Å²) in [6.07, 6.45) is -4.63. The van der Waals surface area contributed by atoms with Crippen LogP contribution in [0, 0.1) is 9.39 Å². The first-order valence-corrected chi connectivity index (χ1v) is 4.67. The van der Waals surface area contributed by atoms with Crippen molar-refractivity contribution in [1.29, 1.82) is 0 Å². The summed E-state index contributed by atoms with van der Waals surface area (Å²) in [6.45, 7) is 0. The van der Waals surface area contributed by atoms with Gasteiger partial charge in [0.1, 0.15) is 5.82 Å². The Morgan fingerprint density at radius 1 is 1.33 bits per heavy atom. The lowest BCUT2D eigenvalue weighted by Crippen LogP contribution is -2.16. The lowest BCUT2D eigenvalue weighted by molar-refractivity contribution is -0.137. The molecular formula is C8H4F4INO. The number of halogens is 5. The van der Waals surface area contributed by atoms with Crippen molar-refractivity contribution >= 4 is 28.5 Å². The number of amides is 1. The van der Waals surface area contributed by atoms with E-state index >= 15 is 0 Å². The summed E-state index contributed by atoms with van der Waals surface area (Å²) in [7, 11) is 0. The Balaban J connectivity index is 3.43. The van der Waals surface area contributed by atoms with E-state index in [2.05, 4.69) is 0 Å². The molecule has 0 radical (unpaired) electrons. The summed E-state index contributed by atoms with van der Waals surface area (Å²) in [6, 6.07) is 1.02. The Labute approximate surface area is 95.6 Å². The molecule has 2 nitrogen and oxygen atoms in total. The lowest BCUT2D eigenvalue weighted by Gasteiger charge is -2.09. The average Bonchev–Trinajstić information content (AvgIpc) is 2.06. The first-order valence-electron chi connectivity index (χ1n) is 3.59. The van der Waals surface area contributed by atoms with Crippen LogP contribution in [0.3, 0.4) is 0 Å². The summed E-state index contributed by atoms with van der Waals surface area (Å²) >= 11 is 1.37. The Kier molecular flexibility index (Phi) is 3.22. The minimum atomic E-state index is -4.63. The quantitative estimate of drug-likeness (QED) is 0.623. The van der Waals surface area contributed by atoms with Gasteiger partial charge in [0.05, 0.1) is 14.7 Å². The molecule has 1 aromatic rings. The first kappa shape index (κ1) is 12.2.